The van der Waals surface area contributed by atoms with Crippen LogP contribution in [0.3, 0.4) is 0 Å². The fraction of sp³-hybridized carbons (Fsp3) is 0.471. The number of carbonyl (C=O) groups excluding carboxylic acids is 1. The van der Waals surface area contributed by atoms with Gasteiger partial charge < -0.3 is 4.74 Å². The fourth-order valence-electron chi connectivity index (χ4n) is 2.93. The largest absolute Gasteiger partial charge is 0.459 e. The Kier molecular flexibility index (Phi) is 4.22. The van der Waals surface area contributed by atoms with E-state index in [1.165, 1.54) is 16.9 Å². The van der Waals surface area contributed by atoms with Gasteiger partial charge in [-0.05, 0) is 31.4 Å². The lowest BCUT2D eigenvalue weighted by Crippen LogP contribution is -2.21. The van der Waals surface area contributed by atoms with E-state index in [1.807, 2.05) is 13.0 Å². The maximum absolute atomic E-state index is 12.1. The summed E-state index contributed by atoms with van der Waals surface area (Å²) in [6.07, 6.45) is 6.95. The zero-order chi connectivity index (χ0) is 15.5. The van der Waals surface area contributed by atoms with Crippen LogP contribution in [0.1, 0.15) is 43.4 Å². The number of nitrogens with zero attached hydrogens (tertiary/aromatic N) is 2. The molecule has 0 aliphatic heterocycles. The van der Waals surface area contributed by atoms with E-state index in [0.717, 1.165) is 31.2 Å². The molecule has 22 heavy (non-hydrogen) atoms. The van der Waals surface area contributed by atoms with Gasteiger partial charge in [-0.3, -0.25) is 14.0 Å². The number of aryl methyl sites for hydroxylation is 1. The molecule has 1 fully saturated rings. The second-order valence-electron chi connectivity index (χ2n) is 5.96. The van der Waals surface area contributed by atoms with Crippen molar-refractivity contribution < 1.29 is 9.53 Å². The van der Waals surface area contributed by atoms with Gasteiger partial charge in [0.15, 0.2) is 0 Å². The van der Waals surface area contributed by atoms with Gasteiger partial charge in [0.25, 0.3) is 5.56 Å². The van der Waals surface area contributed by atoms with Crippen LogP contribution in [-0.4, -0.2) is 15.4 Å². The molecule has 0 bridgehead atoms. The maximum atomic E-state index is 12.1. The molecule has 2 aromatic heterocycles. The Hall–Kier alpha value is -2.17. The van der Waals surface area contributed by atoms with Crippen molar-refractivity contribution in [3.05, 3.63) is 46.0 Å². The first kappa shape index (κ1) is 14.8. The minimum atomic E-state index is -0.161. The zero-order valence-electron chi connectivity index (χ0n) is 12.7. The molecule has 2 heterocycles. The molecule has 3 rings (SSSR count). The second kappa shape index (κ2) is 6.30. The third-order valence-electron chi connectivity index (χ3n) is 4.16. The van der Waals surface area contributed by atoms with Crippen molar-refractivity contribution in [2.24, 2.45) is 5.92 Å². The van der Waals surface area contributed by atoms with Crippen LogP contribution in [0.2, 0.25) is 0 Å². The first-order valence-electron chi connectivity index (χ1n) is 7.79. The fourth-order valence-corrected chi connectivity index (χ4v) is 2.93. The van der Waals surface area contributed by atoms with E-state index in [4.69, 9.17) is 4.74 Å². The molecule has 0 saturated heterocycles. The summed E-state index contributed by atoms with van der Waals surface area (Å²) >= 11 is 0. The van der Waals surface area contributed by atoms with E-state index in [-0.39, 0.29) is 24.1 Å². The van der Waals surface area contributed by atoms with Gasteiger partial charge in [0.2, 0.25) is 0 Å². The molecule has 5 heteroatoms. The van der Waals surface area contributed by atoms with Crippen molar-refractivity contribution in [2.45, 2.75) is 45.6 Å². The molecule has 0 aromatic carbocycles. The molecule has 0 N–H and O–H groups in total. The minimum Gasteiger partial charge on any atom is -0.459 e. The van der Waals surface area contributed by atoms with Crippen LogP contribution < -0.4 is 5.56 Å². The highest BCUT2D eigenvalue weighted by Gasteiger charge is 2.22. The number of rotatable bonds is 3. The third-order valence-corrected chi connectivity index (χ3v) is 4.16. The zero-order valence-corrected chi connectivity index (χ0v) is 12.7. The summed E-state index contributed by atoms with van der Waals surface area (Å²) in [5.74, 6) is -0.149. The average Bonchev–Trinajstić information content (AvgIpc) is 2.54. The molecule has 5 nitrogen and oxygen atoms in total. The average molecular weight is 300 g/mol. The van der Waals surface area contributed by atoms with Crippen LogP contribution in [-0.2, 0) is 16.1 Å². The lowest BCUT2D eigenvalue weighted by molar-refractivity contribution is -0.151. The topological polar surface area (TPSA) is 60.7 Å². The Labute approximate surface area is 128 Å². The van der Waals surface area contributed by atoms with E-state index in [9.17, 15) is 9.59 Å². The van der Waals surface area contributed by atoms with Crippen molar-refractivity contribution in [3.63, 3.8) is 0 Å². The van der Waals surface area contributed by atoms with Crippen molar-refractivity contribution in [2.75, 3.05) is 0 Å². The lowest BCUT2D eigenvalue weighted by Gasteiger charge is -2.19. The summed E-state index contributed by atoms with van der Waals surface area (Å²) in [6.45, 7) is 1.99. The Bertz CT molecular complexity index is 745. The van der Waals surface area contributed by atoms with Gasteiger partial charge in [0.05, 0.1) is 11.6 Å². The minimum absolute atomic E-state index is 0.0120. The van der Waals surface area contributed by atoms with Crippen LogP contribution in [0.4, 0.5) is 0 Å². The quantitative estimate of drug-likeness (QED) is 0.818. The van der Waals surface area contributed by atoms with E-state index < -0.39 is 0 Å². The lowest BCUT2D eigenvalue weighted by atomic mass is 9.89. The smallest absolute Gasteiger partial charge is 0.309 e. The monoisotopic (exact) mass is 300 g/mol. The Morgan fingerprint density at radius 1 is 1.32 bits per heavy atom. The van der Waals surface area contributed by atoms with E-state index in [2.05, 4.69) is 4.98 Å². The highest BCUT2D eigenvalue weighted by Crippen LogP contribution is 2.24. The molecule has 2 aromatic rings. The summed E-state index contributed by atoms with van der Waals surface area (Å²) in [7, 11) is 0. The molecular formula is C17H20N2O3. The molecule has 0 atom stereocenters. The van der Waals surface area contributed by atoms with Gasteiger partial charge >= 0.3 is 5.97 Å². The molecule has 0 radical (unpaired) electrons. The highest BCUT2D eigenvalue weighted by molar-refractivity contribution is 5.72. The molecule has 1 aliphatic carbocycles. The third kappa shape index (κ3) is 3.18. The van der Waals surface area contributed by atoms with Crippen LogP contribution in [0, 0.1) is 12.8 Å². The standard InChI is InChI=1S/C17H20N2O3/c1-12-7-8-15-18-14(9-16(20)19(15)10-12)11-22-17(21)13-5-3-2-4-6-13/h7-10,13H,2-6,11H2,1H3. The first-order chi connectivity index (χ1) is 10.6. The van der Waals surface area contributed by atoms with Gasteiger partial charge in [0, 0.05) is 12.3 Å². The summed E-state index contributed by atoms with van der Waals surface area (Å²) in [4.78, 5) is 28.5. The van der Waals surface area contributed by atoms with E-state index in [1.54, 1.807) is 12.3 Å². The van der Waals surface area contributed by atoms with Crippen molar-refractivity contribution in [1.82, 2.24) is 9.38 Å². The van der Waals surface area contributed by atoms with E-state index >= 15 is 0 Å². The molecule has 0 amide bonds. The normalized spacial score (nSPS) is 15.9. The number of hydrogen-bond acceptors (Lipinski definition) is 4. The van der Waals surface area contributed by atoms with Crippen molar-refractivity contribution in [1.29, 1.82) is 0 Å². The van der Waals surface area contributed by atoms with Gasteiger partial charge in [-0.25, -0.2) is 4.98 Å². The second-order valence-corrected chi connectivity index (χ2v) is 5.96. The molecule has 1 saturated carbocycles. The number of carbonyl (C=O) groups is 1. The number of esters is 1. The highest BCUT2D eigenvalue weighted by atomic mass is 16.5. The predicted molar refractivity (Wildman–Crippen MR) is 82.6 cm³/mol. The van der Waals surface area contributed by atoms with Crippen LogP contribution in [0.15, 0.2) is 29.2 Å². The van der Waals surface area contributed by atoms with Crippen LogP contribution in [0.25, 0.3) is 5.65 Å². The summed E-state index contributed by atoms with van der Waals surface area (Å²) in [5.41, 5.74) is 1.91. The maximum Gasteiger partial charge on any atom is 0.309 e. The molecular weight excluding hydrogens is 280 g/mol. The molecule has 116 valence electrons. The Morgan fingerprint density at radius 2 is 2.09 bits per heavy atom. The number of pyridine rings is 1. The summed E-state index contributed by atoms with van der Waals surface area (Å²) in [6, 6.07) is 5.13. The SMILES string of the molecule is Cc1ccc2nc(COC(=O)C3CCCCC3)cc(=O)n2c1. The van der Waals surface area contributed by atoms with Gasteiger partial charge in [0.1, 0.15) is 12.3 Å². The molecule has 0 unspecified atom stereocenters. The predicted octanol–water partition coefficient (Wildman–Crippen LogP) is 2.63. The molecule has 1 aliphatic rings. The number of ether oxygens (including phenoxy) is 1. The van der Waals surface area contributed by atoms with Crippen LogP contribution >= 0.6 is 0 Å². The Morgan fingerprint density at radius 3 is 2.86 bits per heavy atom. The number of aromatic nitrogens is 2. The first-order valence-corrected chi connectivity index (χ1v) is 7.79. The van der Waals surface area contributed by atoms with Crippen LogP contribution in [0.5, 0.6) is 0 Å². The number of hydrogen-bond donors (Lipinski definition) is 0. The van der Waals surface area contributed by atoms with Gasteiger partial charge in [-0.2, -0.15) is 0 Å². The Balaban J connectivity index is 1.72. The number of fused-ring (bicyclic) bond motifs is 1. The summed E-state index contributed by atoms with van der Waals surface area (Å²) < 4.78 is 6.85. The van der Waals surface area contributed by atoms with Gasteiger partial charge in [-0.1, -0.05) is 25.3 Å². The van der Waals surface area contributed by atoms with Gasteiger partial charge in [-0.15, -0.1) is 0 Å². The van der Waals surface area contributed by atoms with Crippen molar-refractivity contribution in [3.8, 4) is 0 Å². The molecule has 0 spiro atoms. The summed E-state index contributed by atoms with van der Waals surface area (Å²) in [5, 5.41) is 0. The van der Waals surface area contributed by atoms with E-state index in [0.29, 0.717) is 11.3 Å². The van der Waals surface area contributed by atoms with Crippen molar-refractivity contribution >= 4 is 11.6 Å².